The molecule has 130 valence electrons. The van der Waals surface area contributed by atoms with Gasteiger partial charge in [-0.1, -0.05) is 25.1 Å². The van der Waals surface area contributed by atoms with Crippen LogP contribution in [0.3, 0.4) is 0 Å². The monoisotopic (exact) mass is 342 g/mol. The van der Waals surface area contributed by atoms with E-state index in [9.17, 15) is 9.18 Å². The minimum atomic E-state index is -0.202. The number of piperidine rings is 1. The fourth-order valence-corrected chi connectivity index (χ4v) is 3.25. The largest absolute Gasteiger partial charge is 0.353 e. The first-order valence-corrected chi connectivity index (χ1v) is 8.29. The number of nitrogens with one attached hydrogen (secondary N) is 2. The van der Waals surface area contributed by atoms with Gasteiger partial charge >= 0.3 is 0 Å². The van der Waals surface area contributed by atoms with Gasteiger partial charge in [-0.3, -0.25) is 4.79 Å². The molecule has 1 amide bonds. The predicted molar refractivity (Wildman–Crippen MR) is 94.3 cm³/mol. The lowest BCUT2D eigenvalue weighted by Crippen LogP contribution is -2.37. The molecule has 1 aromatic rings. The summed E-state index contributed by atoms with van der Waals surface area (Å²) in [5, 5.41) is 6.36. The van der Waals surface area contributed by atoms with Gasteiger partial charge in [0, 0.05) is 12.5 Å². The maximum atomic E-state index is 13.6. The Bertz CT molecular complexity index is 492. The molecule has 0 spiro atoms. The van der Waals surface area contributed by atoms with Gasteiger partial charge in [-0.15, -0.1) is 12.4 Å². The normalized spacial score (nSPS) is 17.9. The van der Waals surface area contributed by atoms with Crippen LogP contribution in [0.4, 0.5) is 4.39 Å². The molecule has 5 heteroatoms. The Kier molecular flexibility index (Phi) is 8.56. The lowest BCUT2D eigenvalue weighted by molar-refractivity contribution is -0.122. The van der Waals surface area contributed by atoms with Crippen molar-refractivity contribution in [2.45, 2.75) is 45.6 Å². The SMILES string of the molecule is CC(Cc1ccccc1F)NC(=O)CC(C)C1CCNCC1.Cl. The van der Waals surface area contributed by atoms with Gasteiger partial charge < -0.3 is 10.6 Å². The fourth-order valence-electron chi connectivity index (χ4n) is 3.25. The molecular weight excluding hydrogens is 315 g/mol. The minimum absolute atomic E-state index is 0. The molecule has 1 heterocycles. The highest BCUT2D eigenvalue weighted by molar-refractivity contribution is 5.85. The van der Waals surface area contributed by atoms with Crippen LogP contribution in [0.2, 0.25) is 0 Å². The van der Waals surface area contributed by atoms with Crippen LogP contribution in [-0.4, -0.2) is 25.0 Å². The zero-order chi connectivity index (χ0) is 15.9. The number of rotatable bonds is 6. The topological polar surface area (TPSA) is 41.1 Å². The molecule has 0 bridgehead atoms. The Morgan fingerprint density at radius 2 is 1.96 bits per heavy atom. The standard InChI is InChI=1S/C18H27FN2O.ClH/c1-13(15-7-9-20-10-8-15)11-18(22)21-14(2)12-16-5-3-4-6-17(16)19;/h3-6,13-15,20H,7-12H2,1-2H3,(H,21,22);1H. The van der Waals surface area contributed by atoms with Crippen molar-refractivity contribution in [1.29, 1.82) is 0 Å². The van der Waals surface area contributed by atoms with Crippen molar-refractivity contribution in [2.24, 2.45) is 11.8 Å². The molecule has 3 nitrogen and oxygen atoms in total. The summed E-state index contributed by atoms with van der Waals surface area (Å²) >= 11 is 0. The van der Waals surface area contributed by atoms with Gasteiger partial charge in [-0.05, 0) is 62.7 Å². The van der Waals surface area contributed by atoms with E-state index >= 15 is 0 Å². The molecule has 2 atom stereocenters. The van der Waals surface area contributed by atoms with Crippen LogP contribution in [0.15, 0.2) is 24.3 Å². The Hall–Kier alpha value is -1.13. The first-order valence-electron chi connectivity index (χ1n) is 8.29. The smallest absolute Gasteiger partial charge is 0.220 e. The van der Waals surface area contributed by atoms with Crippen LogP contribution in [0.25, 0.3) is 0 Å². The first-order chi connectivity index (χ1) is 10.6. The Labute approximate surface area is 144 Å². The molecule has 0 saturated carbocycles. The molecule has 23 heavy (non-hydrogen) atoms. The highest BCUT2D eigenvalue weighted by atomic mass is 35.5. The number of hydrogen-bond acceptors (Lipinski definition) is 2. The van der Waals surface area contributed by atoms with E-state index in [1.807, 2.05) is 13.0 Å². The van der Waals surface area contributed by atoms with Crippen molar-refractivity contribution in [2.75, 3.05) is 13.1 Å². The molecule has 2 N–H and O–H groups in total. The lowest BCUT2D eigenvalue weighted by Gasteiger charge is -2.28. The Balaban J connectivity index is 0.00000264. The summed E-state index contributed by atoms with van der Waals surface area (Å²) in [6.45, 7) is 6.21. The summed E-state index contributed by atoms with van der Waals surface area (Å²) < 4.78 is 13.6. The Morgan fingerprint density at radius 1 is 1.30 bits per heavy atom. The quantitative estimate of drug-likeness (QED) is 0.832. The predicted octanol–water partition coefficient (Wildman–Crippen LogP) is 3.32. The summed E-state index contributed by atoms with van der Waals surface area (Å²) in [6, 6.07) is 6.69. The van der Waals surface area contributed by atoms with Crippen molar-refractivity contribution in [3.8, 4) is 0 Å². The number of benzene rings is 1. The van der Waals surface area contributed by atoms with Gasteiger partial charge in [0.25, 0.3) is 0 Å². The second-order valence-electron chi connectivity index (χ2n) is 6.53. The van der Waals surface area contributed by atoms with Crippen LogP contribution < -0.4 is 10.6 Å². The second kappa shape index (κ2) is 9.89. The molecule has 1 saturated heterocycles. The number of hydrogen-bond donors (Lipinski definition) is 2. The third kappa shape index (κ3) is 6.48. The summed E-state index contributed by atoms with van der Waals surface area (Å²) in [7, 11) is 0. The zero-order valence-electron chi connectivity index (χ0n) is 14.0. The van der Waals surface area contributed by atoms with E-state index in [-0.39, 0.29) is 30.2 Å². The molecule has 1 fully saturated rings. The number of amides is 1. The van der Waals surface area contributed by atoms with Crippen LogP contribution in [-0.2, 0) is 11.2 Å². The van der Waals surface area contributed by atoms with Gasteiger partial charge in [0.15, 0.2) is 0 Å². The van der Waals surface area contributed by atoms with Crippen molar-refractivity contribution in [3.63, 3.8) is 0 Å². The molecule has 0 aliphatic carbocycles. The first kappa shape index (κ1) is 19.9. The molecular formula is C18H28ClFN2O. The third-order valence-electron chi connectivity index (χ3n) is 4.59. The lowest BCUT2D eigenvalue weighted by atomic mass is 9.84. The number of carbonyl (C=O) groups is 1. The minimum Gasteiger partial charge on any atom is -0.353 e. The van der Waals surface area contributed by atoms with Gasteiger partial charge in [-0.2, -0.15) is 0 Å². The van der Waals surface area contributed by atoms with E-state index in [0.717, 1.165) is 25.9 Å². The van der Waals surface area contributed by atoms with Gasteiger partial charge in [0.2, 0.25) is 5.91 Å². The van der Waals surface area contributed by atoms with Crippen LogP contribution in [0.5, 0.6) is 0 Å². The average Bonchev–Trinajstić information content (AvgIpc) is 2.50. The van der Waals surface area contributed by atoms with Crippen LogP contribution in [0.1, 0.15) is 38.7 Å². The fraction of sp³-hybridized carbons (Fsp3) is 0.611. The van der Waals surface area contributed by atoms with E-state index in [1.54, 1.807) is 12.1 Å². The van der Waals surface area contributed by atoms with E-state index in [0.29, 0.717) is 30.2 Å². The van der Waals surface area contributed by atoms with E-state index in [4.69, 9.17) is 0 Å². The molecule has 2 unspecified atom stereocenters. The highest BCUT2D eigenvalue weighted by Crippen LogP contribution is 2.24. The maximum absolute atomic E-state index is 13.6. The van der Waals surface area contributed by atoms with Crippen molar-refractivity contribution >= 4 is 18.3 Å². The molecule has 2 rings (SSSR count). The number of halogens is 2. The third-order valence-corrected chi connectivity index (χ3v) is 4.59. The molecule has 1 aromatic carbocycles. The van der Waals surface area contributed by atoms with Crippen molar-refractivity contribution < 1.29 is 9.18 Å². The van der Waals surface area contributed by atoms with Crippen LogP contribution in [0, 0.1) is 17.7 Å². The average molecular weight is 343 g/mol. The molecule has 0 radical (unpaired) electrons. The van der Waals surface area contributed by atoms with Crippen molar-refractivity contribution in [1.82, 2.24) is 10.6 Å². The maximum Gasteiger partial charge on any atom is 0.220 e. The summed E-state index contributed by atoms with van der Waals surface area (Å²) in [5.74, 6) is 0.915. The van der Waals surface area contributed by atoms with Crippen molar-refractivity contribution in [3.05, 3.63) is 35.6 Å². The summed E-state index contributed by atoms with van der Waals surface area (Å²) in [4.78, 5) is 12.2. The van der Waals surface area contributed by atoms with E-state index < -0.39 is 0 Å². The van der Waals surface area contributed by atoms with Crippen LogP contribution >= 0.6 is 12.4 Å². The van der Waals surface area contributed by atoms with Gasteiger partial charge in [0.05, 0.1) is 0 Å². The summed E-state index contributed by atoms with van der Waals surface area (Å²) in [6.07, 6.45) is 3.39. The van der Waals surface area contributed by atoms with Gasteiger partial charge in [-0.25, -0.2) is 4.39 Å². The van der Waals surface area contributed by atoms with Gasteiger partial charge in [0.1, 0.15) is 5.82 Å². The highest BCUT2D eigenvalue weighted by Gasteiger charge is 2.22. The molecule has 0 aromatic heterocycles. The summed E-state index contributed by atoms with van der Waals surface area (Å²) in [5.41, 5.74) is 0.654. The van der Waals surface area contributed by atoms with E-state index in [1.165, 1.54) is 6.07 Å². The molecule has 1 aliphatic heterocycles. The Morgan fingerprint density at radius 3 is 2.61 bits per heavy atom. The molecule has 1 aliphatic rings. The second-order valence-corrected chi connectivity index (χ2v) is 6.53. The van der Waals surface area contributed by atoms with E-state index in [2.05, 4.69) is 17.6 Å². The zero-order valence-corrected chi connectivity index (χ0v) is 14.8. The number of carbonyl (C=O) groups excluding carboxylic acids is 1.